The van der Waals surface area contributed by atoms with Crippen LogP contribution in [-0.4, -0.2) is 31.3 Å². The van der Waals surface area contributed by atoms with Crippen molar-refractivity contribution < 1.29 is 23.8 Å². The Hall–Kier alpha value is -2.30. The Morgan fingerprint density at radius 1 is 0.886 bits per heavy atom. The van der Waals surface area contributed by atoms with Crippen LogP contribution in [0.25, 0.3) is 0 Å². The molecule has 0 aromatic heterocycles. The lowest BCUT2D eigenvalue weighted by molar-refractivity contribution is -0.137. The zero-order valence-corrected chi connectivity index (χ0v) is 21.6. The highest BCUT2D eigenvalue weighted by Crippen LogP contribution is 2.41. The Labute approximate surface area is 211 Å². The third kappa shape index (κ3) is 9.35. The van der Waals surface area contributed by atoms with Crippen molar-refractivity contribution in [1.82, 2.24) is 0 Å². The van der Waals surface area contributed by atoms with Crippen molar-refractivity contribution in [3.63, 3.8) is 0 Å². The lowest BCUT2D eigenvalue weighted by Crippen LogP contribution is -2.29. The lowest BCUT2D eigenvalue weighted by Gasteiger charge is -2.37. The van der Waals surface area contributed by atoms with Crippen LogP contribution < -0.4 is 4.74 Å². The number of rotatable bonds is 13. The molecule has 1 aromatic carbocycles. The van der Waals surface area contributed by atoms with Crippen molar-refractivity contribution in [3.8, 4) is 5.75 Å². The van der Waals surface area contributed by atoms with Gasteiger partial charge in [0.1, 0.15) is 11.9 Å². The quantitative estimate of drug-likeness (QED) is 0.167. The zero-order valence-electron chi connectivity index (χ0n) is 21.6. The monoisotopic (exact) mass is 484 g/mol. The van der Waals surface area contributed by atoms with Crippen LogP contribution >= 0.6 is 0 Å². The average molecular weight is 485 g/mol. The molecule has 2 saturated carbocycles. The summed E-state index contributed by atoms with van der Waals surface area (Å²) in [6.45, 7) is 6.36. The van der Waals surface area contributed by atoms with Gasteiger partial charge in [-0.05, 0) is 80.5 Å². The van der Waals surface area contributed by atoms with Crippen molar-refractivity contribution in [2.24, 2.45) is 17.8 Å². The van der Waals surface area contributed by atoms with Crippen molar-refractivity contribution in [1.29, 1.82) is 0 Å². The van der Waals surface area contributed by atoms with E-state index in [1.807, 2.05) is 0 Å². The largest absolute Gasteiger partial charge is 0.493 e. The number of ether oxygens (including phenoxy) is 3. The molecule has 0 amide bonds. The molecule has 2 aliphatic carbocycles. The van der Waals surface area contributed by atoms with Gasteiger partial charge in [-0.15, -0.1) is 0 Å². The molecular weight excluding hydrogens is 440 g/mol. The van der Waals surface area contributed by atoms with Gasteiger partial charge in [0, 0.05) is 12.5 Å². The first-order chi connectivity index (χ1) is 17.1. The molecule has 2 fully saturated rings. The molecule has 194 valence electrons. The molecule has 0 unspecified atom stereocenters. The van der Waals surface area contributed by atoms with E-state index in [-0.39, 0.29) is 18.7 Å². The van der Waals surface area contributed by atoms with E-state index in [1.54, 1.807) is 24.3 Å². The topological polar surface area (TPSA) is 61.8 Å². The van der Waals surface area contributed by atoms with Gasteiger partial charge < -0.3 is 14.2 Å². The number of carbonyl (C=O) groups is 2. The molecule has 3 rings (SSSR count). The summed E-state index contributed by atoms with van der Waals surface area (Å²) in [4.78, 5) is 23.6. The molecule has 1 aromatic rings. The SMILES string of the molecule is C=CC(=O)OCCCOc1ccc(C(=O)OC2CCC(C3CCC(CCCCC)CC3)CC2)cc1. The van der Waals surface area contributed by atoms with Gasteiger partial charge in [0.15, 0.2) is 0 Å². The first kappa shape index (κ1) is 27.3. The predicted octanol–water partition coefficient (Wildman–Crippen LogP) is 7.29. The molecule has 0 aliphatic heterocycles. The molecule has 0 atom stereocenters. The number of hydrogen-bond acceptors (Lipinski definition) is 5. The number of esters is 2. The molecule has 0 radical (unpaired) electrons. The molecule has 0 heterocycles. The van der Waals surface area contributed by atoms with Crippen molar-refractivity contribution >= 4 is 11.9 Å². The second-order valence-electron chi connectivity index (χ2n) is 10.3. The summed E-state index contributed by atoms with van der Waals surface area (Å²) in [6, 6.07) is 7.06. The molecule has 0 bridgehead atoms. The van der Waals surface area contributed by atoms with E-state index in [2.05, 4.69) is 13.5 Å². The standard InChI is InChI=1S/C30H44O5/c1-3-5-6-8-23-9-11-24(12-10-23)25-13-19-28(20-14-25)35-30(32)26-15-17-27(18-16-26)33-21-7-22-34-29(31)4-2/h4,15-18,23-25,28H,2-3,5-14,19-22H2,1H3. The summed E-state index contributed by atoms with van der Waals surface area (Å²) in [7, 11) is 0. The van der Waals surface area contributed by atoms with Crippen molar-refractivity contribution in [2.75, 3.05) is 13.2 Å². The second-order valence-corrected chi connectivity index (χ2v) is 10.3. The molecule has 2 aliphatic rings. The smallest absolute Gasteiger partial charge is 0.338 e. The molecular formula is C30H44O5. The fourth-order valence-electron chi connectivity index (χ4n) is 5.70. The van der Waals surface area contributed by atoms with E-state index in [0.29, 0.717) is 24.3 Å². The van der Waals surface area contributed by atoms with Crippen LogP contribution in [0.3, 0.4) is 0 Å². The third-order valence-corrected chi connectivity index (χ3v) is 7.82. The summed E-state index contributed by atoms with van der Waals surface area (Å²) in [5.41, 5.74) is 0.556. The molecule has 0 spiro atoms. The van der Waals surface area contributed by atoms with E-state index in [9.17, 15) is 9.59 Å². The minimum absolute atomic E-state index is 0.0401. The zero-order chi connectivity index (χ0) is 24.9. The first-order valence-electron chi connectivity index (χ1n) is 13.8. The Bertz CT molecular complexity index is 770. The fraction of sp³-hybridized carbons (Fsp3) is 0.667. The Kier molecular flexibility index (Phi) is 11.7. The summed E-state index contributed by atoms with van der Waals surface area (Å²) in [5, 5.41) is 0. The van der Waals surface area contributed by atoms with Crippen molar-refractivity contribution in [3.05, 3.63) is 42.5 Å². The van der Waals surface area contributed by atoms with Gasteiger partial charge in [0.05, 0.1) is 18.8 Å². The van der Waals surface area contributed by atoms with Gasteiger partial charge in [0.25, 0.3) is 0 Å². The number of benzene rings is 1. The number of hydrogen-bond donors (Lipinski definition) is 0. The number of unbranched alkanes of at least 4 members (excludes halogenated alkanes) is 2. The van der Waals surface area contributed by atoms with Crippen LogP contribution in [0.2, 0.25) is 0 Å². The van der Waals surface area contributed by atoms with E-state index in [4.69, 9.17) is 14.2 Å². The van der Waals surface area contributed by atoms with Crippen LogP contribution in [0, 0.1) is 17.8 Å². The van der Waals surface area contributed by atoms with Crippen LogP contribution in [0.4, 0.5) is 0 Å². The molecule has 0 saturated heterocycles. The fourth-order valence-corrected chi connectivity index (χ4v) is 5.70. The Morgan fingerprint density at radius 2 is 1.54 bits per heavy atom. The summed E-state index contributed by atoms with van der Waals surface area (Å²) in [5.74, 6) is 2.67. The third-order valence-electron chi connectivity index (χ3n) is 7.82. The van der Waals surface area contributed by atoms with Gasteiger partial charge in [-0.25, -0.2) is 9.59 Å². The predicted molar refractivity (Wildman–Crippen MR) is 138 cm³/mol. The first-order valence-corrected chi connectivity index (χ1v) is 13.8. The highest BCUT2D eigenvalue weighted by molar-refractivity contribution is 5.89. The molecule has 5 nitrogen and oxygen atoms in total. The van der Waals surface area contributed by atoms with E-state index in [0.717, 1.165) is 36.7 Å². The highest BCUT2D eigenvalue weighted by atomic mass is 16.5. The van der Waals surface area contributed by atoms with Gasteiger partial charge in [-0.3, -0.25) is 0 Å². The molecule has 5 heteroatoms. The summed E-state index contributed by atoms with van der Waals surface area (Å²) in [6.07, 6.45) is 17.3. The number of carbonyl (C=O) groups excluding carboxylic acids is 2. The maximum absolute atomic E-state index is 12.6. The minimum atomic E-state index is -0.429. The maximum Gasteiger partial charge on any atom is 0.338 e. The van der Waals surface area contributed by atoms with Crippen LogP contribution in [0.5, 0.6) is 5.75 Å². The van der Waals surface area contributed by atoms with Crippen LogP contribution in [-0.2, 0) is 14.3 Å². The second kappa shape index (κ2) is 15.0. The van der Waals surface area contributed by atoms with Crippen molar-refractivity contribution in [2.45, 2.75) is 96.5 Å². The lowest BCUT2D eigenvalue weighted by atomic mass is 9.70. The average Bonchev–Trinajstić information content (AvgIpc) is 2.89. The van der Waals surface area contributed by atoms with Gasteiger partial charge in [0.2, 0.25) is 0 Å². The Balaban J connectivity index is 1.31. The van der Waals surface area contributed by atoms with Gasteiger partial charge in [-0.1, -0.05) is 52.0 Å². The Morgan fingerprint density at radius 3 is 2.17 bits per heavy atom. The van der Waals surface area contributed by atoms with Gasteiger partial charge >= 0.3 is 11.9 Å². The van der Waals surface area contributed by atoms with Gasteiger partial charge in [-0.2, -0.15) is 0 Å². The van der Waals surface area contributed by atoms with E-state index in [1.165, 1.54) is 64.2 Å². The minimum Gasteiger partial charge on any atom is -0.493 e. The normalized spacial score (nSPS) is 24.4. The van der Waals surface area contributed by atoms with E-state index >= 15 is 0 Å². The van der Waals surface area contributed by atoms with E-state index < -0.39 is 5.97 Å². The van der Waals surface area contributed by atoms with Crippen LogP contribution in [0.1, 0.15) is 101 Å². The maximum atomic E-state index is 12.6. The molecule has 35 heavy (non-hydrogen) atoms. The highest BCUT2D eigenvalue weighted by Gasteiger charge is 2.32. The van der Waals surface area contributed by atoms with Crippen LogP contribution in [0.15, 0.2) is 36.9 Å². The summed E-state index contributed by atoms with van der Waals surface area (Å²) < 4.78 is 16.4. The molecule has 0 N–H and O–H groups in total. The summed E-state index contributed by atoms with van der Waals surface area (Å²) >= 11 is 0.